The predicted molar refractivity (Wildman–Crippen MR) is 95.0 cm³/mol. The molecule has 0 radical (unpaired) electrons. The third-order valence-electron chi connectivity index (χ3n) is 4.06. The monoisotopic (exact) mass is 349 g/mol. The standard InChI is InChI=1S/C18H15N5O3/c24-16(19-13-7-3-1-4-8-13)12-22-17(25)20-15-11-21(18(26)23(15)22)14-9-5-2-6-10-14/h1-10H,11-12H2,(H,19,24). The summed E-state index contributed by atoms with van der Waals surface area (Å²) in [4.78, 5) is 42.5. The Balaban J connectivity index is 1.58. The first-order valence-corrected chi connectivity index (χ1v) is 8.04. The number of fused-ring (bicyclic) bond motifs is 1. The highest BCUT2D eigenvalue weighted by molar-refractivity contribution is 5.96. The van der Waals surface area contributed by atoms with E-state index in [1.54, 1.807) is 36.4 Å². The van der Waals surface area contributed by atoms with Crippen LogP contribution in [-0.4, -0.2) is 26.3 Å². The Kier molecular flexibility index (Phi) is 3.85. The van der Waals surface area contributed by atoms with Gasteiger partial charge in [0.15, 0.2) is 5.82 Å². The molecule has 0 bridgehead atoms. The molecule has 2 heterocycles. The van der Waals surface area contributed by atoms with E-state index in [-0.39, 0.29) is 13.1 Å². The number of carbonyl (C=O) groups excluding carboxylic acids is 2. The molecule has 0 atom stereocenters. The summed E-state index contributed by atoms with van der Waals surface area (Å²) in [5, 5.41) is 2.69. The van der Waals surface area contributed by atoms with Crippen LogP contribution >= 0.6 is 0 Å². The van der Waals surface area contributed by atoms with Gasteiger partial charge in [0.1, 0.15) is 6.54 Å². The molecule has 1 aliphatic heterocycles. The lowest BCUT2D eigenvalue weighted by atomic mass is 10.3. The Labute approximate surface area is 148 Å². The Morgan fingerprint density at radius 1 is 1.00 bits per heavy atom. The summed E-state index contributed by atoms with van der Waals surface area (Å²) in [5.41, 5.74) is 0.698. The number of carbonyl (C=O) groups is 2. The molecular formula is C18H15N5O3. The fourth-order valence-corrected chi connectivity index (χ4v) is 2.89. The minimum atomic E-state index is -0.621. The van der Waals surface area contributed by atoms with Crippen molar-refractivity contribution < 1.29 is 9.59 Å². The van der Waals surface area contributed by atoms with Crippen molar-refractivity contribution in [1.82, 2.24) is 14.3 Å². The molecule has 0 spiro atoms. The normalized spacial score (nSPS) is 12.9. The second kappa shape index (κ2) is 6.32. The summed E-state index contributed by atoms with van der Waals surface area (Å²) >= 11 is 0. The molecule has 0 saturated heterocycles. The summed E-state index contributed by atoms with van der Waals surface area (Å²) in [6.07, 6.45) is 0. The minimum absolute atomic E-state index is 0.186. The van der Waals surface area contributed by atoms with Crippen LogP contribution in [0.5, 0.6) is 0 Å². The molecule has 2 aromatic carbocycles. The highest BCUT2D eigenvalue weighted by Gasteiger charge is 2.33. The van der Waals surface area contributed by atoms with E-state index in [4.69, 9.17) is 0 Å². The van der Waals surface area contributed by atoms with Gasteiger partial charge >= 0.3 is 11.7 Å². The van der Waals surface area contributed by atoms with Crippen molar-refractivity contribution >= 4 is 23.3 Å². The number of hydrogen-bond donors (Lipinski definition) is 1. The molecular weight excluding hydrogens is 334 g/mol. The van der Waals surface area contributed by atoms with Crippen LogP contribution in [-0.2, 0) is 17.9 Å². The maximum atomic E-state index is 12.7. The van der Waals surface area contributed by atoms with Crippen LogP contribution in [0.3, 0.4) is 0 Å². The molecule has 0 fully saturated rings. The lowest BCUT2D eigenvalue weighted by Gasteiger charge is -2.15. The van der Waals surface area contributed by atoms with Gasteiger partial charge in [-0.05, 0) is 24.3 Å². The molecule has 3 aromatic rings. The van der Waals surface area contributed by atoms with Gasteiger partial charge in [-0.3, -0.25) is 9.69 Å². The van der Waals surface area contributed by atoms with Crippen LogP contribution in [0.4, 0.5) is 16.2 Å². The van der Waals surface area contributed by atoms with Crippen LogP contribution in [0.25, 0.3) is 0 Å². The van der Waals surface area contributed by atoms with Crippen LogP contribution in [0.1, 0.15) is 5.82 Å². The van der Waals surface area contributed by atoms with Gasteiger partial charge < -0.3 is 5.32 Å². The van der Waals surface area contributed by atoms with Crippen molar-refractivity contribution in [2.24, 2.45) is 0 Å². The number of benzene rings is 2. The van der Waals surface area contributed by atoms with E-state index in [0.29, 0.717) is 17.2 Å². The summed E-state index contributed by atoms with van der Waals surface area (Å²) in [6.45, 7) is -0.111. The average Bonchev–Trinajstić information content (AvgIpc) is 3.13. The summed E-state index contributed by atoms with van der Waals surface area (Å²) in [5.74, 6) is -0.0941. The van der Waals surface area contributed by atoms with Gasteiger partial charge in [-0.25, -0.2) is 14.3 Å². The Hall–Kier alpha value is -3.68. The van der Waals surface area contributed by atoms with Gasteiger partial charge in [-0.15, -0.1) is 0 Å². The number of hydrogen-bond acceptors (Lipinski definition) is 4. The van der Waals surface area contributed by atoms with Crippen molar-refractivity contribution in [3.8, 4) is 0 Å². The van der Waals surface area contributed by atoms with Gasteiger partial charge in [0.05, 0.1) is 6.54 Å². The third-order valence-corrected chi connectivity index (χ3v) is 4.06. The molecule has 0 unspecified atom stereocenters. The van der Waals surface area contributed by atoms with E-state index < -0.39 is 17.6 Å². The van der Waals surface area contributed by atoms with E-state index >= 15 is 0 Å². The number of anilines is 2. The second-order valence-electron chi connectivity index (χ2n) is 5.80. The first-order valence-electron chi connectivity index (χ1n) is 8.04. The molecule has 0 aliphatic carbocycles. The van der Waals surface area contributed by atoms with E-state index in [9.17, 15) is 14.4 Å². The molecule has 8 heteroatoms. The number of aromatic nitrogens is 3. The predicted octanol–water partition coefficient (Wildman–Crippen LogP) is 1.67. The topological polar surface area (TPSA) is 89.2 Å². The van der Waals surface area contributed by atoms with Crippen molar-refractivity contribution in [2.75, 3.05) is 10.2 Å². The zero-order chi connectivity index (χ0) is 18.1. The first-order chi connectivity index (χ1) is 12.6. The highest BCUT2D eigenvalue weighted by atomic mass is 16.2. The molecule has 26 heavy (non-hydrogen) atoms. The maximum Gasteiger partial charge on any atom is 0.365 e. The van der Waals surface area contributed by atoms with Crippen molar-refractivity contribution in [2.45, 2.75) is 13.1 Å². The number of amides is 2. The SMILES string of the molecule is O=C(Cn1c(=O)nc2n1C(=O)N(c1ccccc1)C2)Nc1ccccc1. The zero-order valence-electron chi connectivity index (χ0n) is 13.7. The zero-order valence-corrected chi connectivity index (χ0v) is 13.7. The van der Waals surface area contributed by atoms with E-state index in [1.165, 1.54) is 9.58 Å². The molecule has 1 N–H and O–H groups in total. The Bertz CT molecular complexity index is 1020. The van der Waals surface area contributed by atoms with Crippen molar-refractivity contribution in [3.05, 3.63) is 77.0 Å². The van der Waals surface area contributed by atoms with E-state index in [1.807, 2.05) is 24.3 Å². The summed E-state index contributed by atoms with van der Waals surface area (Å²) in [7, 11) is 0. The van der Waals surface area contributed by atoms with Crippen molar-refractivity contribution in [1.29, 1.82) is 0 Å². The lowest BCUT2D eigenvalue weighted by Crippen LogP contribution is -2.36. The fraction of sp³-hybridized carbons (Fsp3) is 0.111. The van der Waals surface area contributed by atoms with E-state index in [0.717, 1.165) is 4.68 Å². The third kappa shape index (κ3) is 2.77. The number of nitrogens with zero attached hydrogens (tertiary/aromatic N) is 4. The molecule has 8 nitrogen and oxygen atoms in total. The molecule has 0 saturated carbocycles. The number of para-hydroxylation sites is 2. The van der Waals surface area contributed by atoms with Crippen LogP contribution in [0, 0.1) is 0 Å². The number of rotatable bonds is 4. The smallest absolute Gasteiger partial charge is 0.324 e. The van der Waals surface area contributed by atoms with Gasteiger partial charge in [0.25, 0.3) is 0 Å². The molecule has 1 aromatic heterocycles. The maximum absolute atomic E-state index is 12.7. The van der Waals surface area contributed by atoms with Crippen LogP contribution in [0.15, 0.2) is 65.5 Å². The summed E-state index contributed by atoms with van der Waals surface area (Å²) < 4.78 is 2.22. The van der Waals surface area contributed by atoms with Crippen molar-refractivity contribution in [3.63, 3.8) is 0 Å². The van der Waals surface area contributed by atoms with Gasteiger partial charge in [0.2, 0.25) is 5.91 Å². The Morgan fingerprint density at radius 2 is 1.65 bits per heavy atom. The number of nitrogens with one attached hydrogen (secondary N) is 1. The van der Waals surface area contributed by atoms with Gasteiger partial charge in [-0.1, -0.05) is 36.4 Å². The second-order valence-corrected chi connectivity index (χ2v) is 5.80. The first kappa shape index (κ1) is 15.8. The quantitative estimate of drug-likeness (QED) is 0.776. The average molecular weight is 349 g/mol. The van der Waals surface area contributed by atoms with Gasteiger partial charge in [0, 0.05) is 11.4 Å². The lowest BCUT2D eigenvalue weighted by molar-refractivity contribution is -0.117. The minimum Gasteiger partial charge on any atom is -0.324 e. The van der Waals surface area contributed by atoms with E-state index in [2.05, 4.69) is 10.3 Å². The van der Waals surface area contributed by atoms with Crippen LogP contribution in [0.2, 0.25) is 0 Å². The molecule has 130 valence electrons. The summed E-state index contributed by atoms with van der Waals surface area (Å²) in [6, 6.07) is 17.6. The molecule has 2 amide bonds. The molecule has 4 rings (SSSR count). The Morgan fingerprint density at radius 3 is 2.35 bits per heavy atom. The largest absolute Gasteiger partial charge is 0.365 e. The highest BCUT2D eigenvalue weighted by Crippen LogP contribution is 2.22. The molecule has 1 aliphatic rings. The fourth-order valence-electron chi connectivity index (χ4n) is 2.89. The van der Waals surface area contributed by atoms with Crippen LogP contribution < -0.4 is 15.9 Å². The van der Waals surface area contributed by atoms with Gasteiger partial charge in [-0.2, -0.15) is 9.67 Å².